The van der Waals surface area contributed by atoms with Gasteiger partial charge in [-0.2, -0.15) is 43.9 Å². The molecule has 0 bridgehead atoms. The first-order chi connectivity index (χ1) is 7.12. The molecular weight excluding hydrogens is 294 g/mol. The lowest BCUT2D eigenvalue weighted by atomic mass is 10.4. The fourth-order valence-electron chi connectivity index (χ4n) is 0.757. The largest absolute Gasteiger partial charge is 0.395 e. The number of halogens is 10. The lowest BCUT2D eigenvalue weighted by Crippen LogP contribution is -2.30. The number of alkyl halides is 10. The van der Waals surface area contributed by atoms with Crippen molar-refractivity contribution in [2.24, 2.45) is 0 Å². The SMILES string of the molecule is FC(F)(F)CC(F)(F)SC(F)(F)CC(F)(F)F. The van der Waals surface area contributed by atoms with E-state index in [4.69, 9.17) is 0 Å². The van der Waals surface area contributed by atoms with E-state index in [9.17, 15) is 43.9 Å². The Bertz CT molecular complexity index is 225. The van der Waals surface area contributed by atoms with Crippen molar-refractivity contribution in [2.45, 2.75) is 35.7 Å². The van der Waals surface area contributed by atoms with Crippen LogP contribution in [0.5, 0.6) is 0 Å². The van der Waals surface area contributed by atoms with Crippen LogP contribution in [0, 0.1) is 0 Å². The molecule has 0 nitrogen and oxygen atoms in total. The fourth-order valence-corrected chi connectivity index (χ4v) is 1.67. The van der Waals surface area contributed by atoms with Crippen LogP contribution >= 0.6 is 11.8 Å². The summed E-state index contributed by atoms with van der Waals surface area (Å²) in [4.78, 5) is 0. The maximum absolute atomic E-state index is 12.4. The molecule has 0 aromatic rings. The van der Waals surface area contributed by atoms with Crippen LogP contribution in [0.4, 0.5) is 43.9 Å². The molecule has 17 heavy (non-hydrogen) atoms. The lowest BCUT2D eigenvalue weighted by molar-refractivity contribution is -0.171. The summed E-state index contributed by atoms with van der Waals surface area (Å²) in [5.74, 6) is 0. The number of rotatable bonds is 4. The van der Waals surface area contributed by atoms with Crippen molar-refractivity contribution in [1.29, 1.82) is 0 Å². The molecule has 11 heteroatoms. The molecule has 0 aliphatic rings. The summed E-state index contributed by atoms with van der Waals surface area (Å²) >= 11 is -1.95. The zero-order chi connectivity index (χ0) is 14.1. The maximum atomic E-state index is 12.4. The average molecular weight is 298 g/mol. The number of hydrogen-bond acceptors (Lipinski definition) is 1. The van der Waals surface area contributed by atoms with Crippen LogP contribution in [0.3, 0.4) is 0 Å². The van der Waals surface area contributed by atoms with E-state index in [1.165, 1.54) is 0 Å². The smallest absolute Gasteiger partial charge is 0.194 e. The summed E-state index contributed by atoms with van der Waals surface area (Å²) in [5, 5.41) is -10.0. The van der Waals surface area contributed by atoms with Gasteiger partial charge in [0.25, 0.3) is 0 Å². The van der Waals surface area contributed by atoms with Crippen LogP contribution in [0.25, 0.3) is 0 Å². The Kier molecular flexibility index (Phi) is 4.63. The quantitative estimate of drug-likeness (QED) is 0.671. The molecule has 0 aliphatic heterocycles. The van der Waals surface area contributed by atoms with Crippen LogP contribution in [-0.4, -0.2) is 22.9 Å². The van der Waals surface area contributed by atoms with Gasteiger partial charge in [0.2, 0.25) is 0 Å². The first kappa shape index (κ1) is 16.6. The molecule has 0 heterocycles. The van der Waals surface area contributed by atoms with Gasteiger partial charge in [-0.25, -0.2) is 0 Å². The molecule has 0 saturated heterocycles. The van der Waals surface area contributed by atoms with Crippen LogP contribution in [0.2, 0.25) is 0 Å². The monoisotopic (exact) mass is 298 g/mol. The molecule has 0 radical (unpaired) electrons. The van der Waals surface area contributed by atoms with E-state index < -0.39 is 47.5 Å². The zero-order valence-corrected chi connectivity index (χ0v) is 8.42. The van der Waals surface area contributed by atoms with Crippen molar-refractivity contribution in [1.82, 2.24) is 0 Å². The normalized spacial score (nSPS) is 15.2. The van der Waals surface area contributed by atoms with Crippen molar-refractivity contribution < 1.29 is 43.9 Å². The first-order valence-corrected chi connectivity index (χ1v) is 4.53. The molecule has 0 amide bonds. The second-order valence-corrected chi connectivity index (χ2v) is 4.36. The van der Waals surface area contributed by atoms with E-state index in [0.29, 0.717) is 0 Å². The van der Waals surface area contributed by atoms with Crippen LogP contribution in [-0.2, 0) is 0 Å². The Morgan fingerprint density at radius 3 is 0.941 bits per heavy atom. The second-order valence-electron chi connectivity index (χ2n) is 2.96. The van der Waals surface area contributed by atoms with Gasteiger partial charge in [0.05, 0.1) is 0 Å². The lowest BCUT2D eigenvalue weighted by Gasteiger charge is -2.23. The van der Waals surface area contributed by atoms with Crippen LogP contribution < -0.4 is 0 Å². The molecule has 0 unspecified atom stereocenters. The zero-order valence-electron chi connectivity index (χ0n) is 7.60. The Balaban J connectivity index is 4.59. The van der Waals surface area contributed by atoms with Crippen molar-refractivity contribution in [3.05, 3.63) is 0 Å². The summed E-state index contributed by atoms with van der Waals surface area (Å²) in [6.07, 6.45) is -16.7. The van der Waals surface area contributed by atoms with Gasteiger partial charge in [-0.15, -0.1) is 0 Å². The third-order valence-corrected chi connectivity index (χ3v) is 2.00. The summed E-state index contributed by atoms with van der Waals surface area (Å²) in [7, 11) is 0. The van der Waals surface area contributed by atoms with Gasteiger partial charge in [-0.1, -0.05) is 0 Å². The third-order valence-electron chi connectivity index (χ3n) is 1.11. The highest BCUT2D eigenvalue weighted by Gasteiger charge is 2.54. The van der Waals surface area contributed by atoms with Gasteiger partial charge in [-0.3, -0.25) is 0 Å². The standard InChI is InChI=1S/C6H4F10S/c7-3(8,9)1-5(13,14)17-6(15,16)2-4(10,11)12/h1-2H2. The highest BCUT2D eigenvalue weighted by Crippen LogP contribution is 2.50. The van der Waals surface area contributed by atoms with Crippen molar-refractivity contribution >= 4 is 11.8 Å². The summed E-state index contributed by atoms with van der Waals surface area (Å²) < 4.78 is 119. The van der Waals surface area contributed by atoms with E-state index in [0.717, 1.165) is 0 Å². The molecule has 0 saturated carbocycles. The summed E-state index contributed by atoms with van der Waals surface area (Å²) in [5.41, 5.74) is 0. The summed E-state index contributed by atoms with van der Waals surface area (Å²) in [6, 6.07) is 0. The van der Waals surface area contributed by atoms with Crippen molar-refractivity contribution in [3.8, 4) is 0 Å². The van der Waals surface area contributed by atoms with Crippen LogP contribution in [0.15, 0.2) is 0 Å². The molecule has 0 atom stereocenters. The highest BCUT2D eigenvalue weighted by molar-refractivity contribution is 8.01. The highest BCUT2D eigenvalue weighted by atomic mass is 32.2. The fraction of sp³-hybridized carbons (Fsp3) is 1.00. The van der Waals surface area contributed by atoms with Gasteiger partial charge < -0.3 is 0 Å². The molecule has 0 aromatic carbocycles. The van der Waals surface area contributed by atoms with Gasteiger partial charge in [0.15, 0.2) is 0 Å². The first-order valence-electron chi connectivity index (χ1n) is 3.71. The molecule has 0 aliphatic carbocycles. The topological polar surface area (TPSA) is 0 Å². The Morgan fingerprint density at radius 2 is 0.765 bits per heavy atom. The van der Waals surface area contributed by atoms with E-state index in [1.54, 1.807) is 0 Å². The van der Waals surface area contributed by atoms with E-state index in [-0.39, 0.29) is 0 Å². The molecule has 0 spiro atoms. The van der Waals surface area contributed by atoms with Gasteiger partial charge in [0, 0.05) is 0 Å². The molecule has 0 N–H and O–H groups in total. The predicted molar refractivity (Wildman–Crippen MR) is 38.8 cm³/mol. The number of thioether (sulfide) groups is 1. The van der Waals surface area contributed by atoms with E-state index >= 15 is 0 Å². The molecule has 0 fully saturated rings. The minimum atomic E-state index is -5.45. The second kappa shape index (κ2) is 4.73. The van der Waals surface area contributed by atoms with Gasteiger partial charge >= 0.3 is 22.9 Å². The predicted octanol–water partition coefficient (Wildman–Crippen LogP) is 4.81. The third kappa shape index (κ3) is 9.36. The average Bonchev–Trinajstić information content (AvgIpc) is 1.65. The molecule has 0 aromatic heterocycles. The molecule has 104 valence electrons. The number of hydrogen-bond donors (Lipinski definition) is 0. The Morgan fingerprint density at radius 1 is 0.529 bits per heavy atom. The van der Waals surface area contributed by atoms with E-state index in [1.807, 2.05) is 0 Å². The minimum Gasteiger partial charge on any atom is -0.194 e. The van der Waals surface area contributed by atoms with Crippen molar-refractivity contribution in [2.75, 3.05) is 0 Å². The van der Waals surface area contributed by atoms with Crippen molar-refractivity contribution in [3.63, 3.8) is 0 Å². The Labute approximate surface area is 92.3 Å². The molecular formula is C6H4F10S. The Hall–Kier alpha value is -0.350. The summed E-state index contributed by atoms with van der Waals surface area (Å²) in [6.45, 7) is 0. The van der Waals surface area contributed by atoms with Gasteiger partial charge in [0.1, 0.15) is 12.8 Å². The van der Waals surface area contributed by atoms with Gasteiger partial charge in [-0.05, 0) is 11.8 Å². The molecule has 0 rings (SSSR count). The minimum absolute atomic E-state index is 1.95. The van der Waals surface area contributed by atoms with E-state index in [2.05, 4.69) is 0 Å². The van der Waals surface area contributed by atoms with Crippen LogP contribution in [0.1, 0.15) is 12.8 Å². The maximum Gasteiger partial charge on any atom is 0.395 e.